The first-order chi connectivity index (χ1) is 9.95. The van der Waals surface area contributed by atoms with Crippen LogP contribution in [0.5, 0.6) is 0 Å². The van der Waals surface area contributed by atoms with Crippen LogP contribution in [-0.4, -0.2) is 25.8 Å². The molecule has 0 saturated carbocycles. The largest absolute Gasteiger partial charge is 0.243 e. The number of hydrogen-bond donors (Lipinski definition) is 0. The highest BCUT2D eigenvalue weighted by Gasteiger charge is 2.25. The van der Waals surface area contributed by atoms with Gasteiger partial charge in [-0.25, -0.2) is 8.42 Å². The number of nitrogens with zero attached hydrogens (tertiary/aromatic N) is 1. The summed E-state index contributed by atoms with van der Waals surface area (Å²) in [5.41, 5.74) is 0.803. The number of hydrogen-bond acceptors (Lipinski definition) is 3. The first-order valence-electron chi connectivity index (χ1n) is 6.60. The Bertz CT molecular complexity index is 683. The van der Waals surface area contributed by atoms with E-state index in [1.54, 1.807) is 36.6 Å². The summed E-state index contributed by atoms with van der Waals surface area (Å²) in [6, 6.07) is 10.7. The fourth-order valence-corrected chi connectivity index (χ4v) is 4.47. The van der Waals surface area contributed by atoms with Gasteiger partial charge in [-0.05, 0) is 42.5 Å². The van der Waals surface area contributed by atoms with Gasteiger partial charge in [0.25, 0.3) is 0 Å². The van der Waals surface area contributed by atoms with E-state index in [9.17, 15) is 8.42 Å². The van der Waals surface area contributed by atoms with Crippen molar-refractivity contribution in [2.24, 2.45) is 0 Å². The number of sulfonamides is 1. The van der Waals surface area contributed by atoms with Crippen molar-refractivity contribution in [1.29, 1.82) is 0 Å². The zero-order chi connectivity index (χ0) is 15.5. The van der Waals surface area contributed by atoms with Gasteiger partial charge >= 0.3 is 0 Å². The number of thiophene rings is 1. The molecule has 1 aromatic heterocycles. The molecule has 0 fully saturated rings. The van der Waals surface area contributed by atoms with Crippen LogP contribution in [0.25, 0.3) is 0 Å². The smallest absolute Gasteiger partial charge is 0.207 e. The van der Waals surface area contributed by atoms with Gasteiger partial charge in [0, 0.05) is 23.8 Å². The zero-order valence-corrected chi connectivity index (χ0v) is 14.4. The van der Waals surface area contributed by atoms with Crippen LogP contribution in [0.4, 0.5) is 0 Å². The first kappa shape index (κ1) is 16.5. The molecule has 0 bridgehead atoms. The van der Waals surface area contributed by atoms with Gasteiger partial charge in [-0.1, -0.05) is 18.2 Å². The molecule has 1 aromatic carbocycles. The van der Waals surface area contributed by atoms with Crippen LogP contribution in [0, 0.1) is 0 Å². The van der Waals surface area contributed by atoms with Crippen molar-refractivity contribution >= 4 is 33.0 Å². The standard InChI is InChI=1S/C15H18ClNO2S2/c1-12(9-14-6-4-8-20-14)17(2)21(18,19)15-7-3-5-13(10-15)11-16/h3-8,10,12H,9,11H2,1-2H3. The zero-order valence-electron chi connectivity index (χ0n) is 12.0. The molecule has 6 heteroatoms. The number of alkyl halides is 1. The van der Waals surface area contributed by atoms with Crippen LogP contribution in [0.15, 0.2) is 46.7 Å². The van der Waals surface area contributed by atoms with Crippen LogP contribution in [0.3, 0.4) is 0 Å². The van der Waals surface area contributed by atoms with E-state index in [1.165, 1.54) is 9.18 Å². The van der Waals surface area contributed by atoms with E-state index < -0.39 is 10.0 Å². The number of rotatable bonds is 6. The van der Waals surface area contributed by atoms with Crippen LogP contribution in [0.2, 0.25) is 0 Å². The Labute approximate surface area is 135 Å². The van der Waals surface area contributed by atoms with Crippen LogP contribution in [-0.2, 0) is 22.3 Å². The van der Waals surface area contributed by atoms with Crippen molar-refractivity contribution in [3.63, 3.8) is 0 Å². The average molecular weight is 344 g/mol. The minimum Gasteiger partial charge on any atom is -0.207 e. The van der Waals surface area contributed by atoms with E-state index in [2.05, 4.69) is 0 Å². The molecule has 0 amide bonds. The minimum atomic E-state index is -3.49. The van der Waals surface area contributed by atoms with Gasteiger partial charge in [-0.2, -0.15) is 4.31 Å². The summed E-state index contributed by atoms with van der Waals surface area (Å²) in [6.07, 6.45) is 0.711. The Morgan fingerprint density at radius 3 is 2.67 bits per heavy atom. The van der Waals surface area contributed by atoms with E-state index >= 15 is 0 Å². The lowest BCUT2D eigenvalue weighted by molar-refractivity contribution is 0.388. The Balaban J connectivity index is 2.21. The highest BCUT2D eigenvalue weighted by atomic mass is 35.5. The monoisotopic (exact) mass is 343 g/mol. The Morgan fingerprint density at radius 2 is 2.05 bits per heavy atom. The van der Waals surface area contributed by atoms with Crippen LogP contribution >= 0.6 is 22.9 Å². The lowest BCUT2D eigenvalue weighted by Gasteiger charge is -2.24. The quantitative estimate of drug-likeness (QED) is 0.749. The Kier molecular flexibility index (Phi) is 5.43. The van der Waals surface area contributed by atoms with Gasteiger partial charge in [-0.3, -0.25) is 0 Å². The molecule has 0 radical (unpaired) electrons. The molecule has 1 heterocycles. The fraction of sp³-hybridized carbons (Fsp3) is 0.333. The maximum absolute atomic E-state index is 12.7. The number of likely N-dealkylation sites (N-methyl/N-ethyl adjacent to an activating group) is 1. The topological polar surface area (TPSA) is 37.4 Å². The summed E-state index contributed by atoms with van der Waals surface area (Å²) in [6.45, 7) is 1.92. The molecule has 1 atom stereocenters. The van der Waals surface area contributed by atoms with E-state index in [0.29, 0.717) is 17.2 Å². The molecule has 2 aromatic rings. The second-order valence-electron chi connectivity index (χ2n) is 4.93. The molecular weight excluding hydrogens is 326 g/mol. The van der Waals surface area contributed by atoms with Crippen molar-refractivity contribution in [2.75, 3.05) is 7.05 Å². The predicted octanol–water partition coefficient (Wildman–Crippen LogP) is 3.74. The SMILES string of the molecule is CC(Cc1cccs1)N(C)S(=O)(=O)c1cccc(CCl)c1. The number of halogens is 1. The van der Waals surface area contributed by atoms with Crippen molar-refractivity contribution in [1.82, 2.24) is 4.31 Å². The van der Waals surface area contributed by atoms with Crippen molar-refractivity contribution in [3.8, 4) is 0 Å². The van der Waals surface area contributed by atoms with Gasteiger partial charge in [0.1, 0.15) is 0 Å². The molecule has 0 aliphatic rings. The fourth-order valence-electron chi connectivity index (χ4n) is 2.04. The van der Waals surface area contributed by atoms with Crippen molar-refractivity contribution < 1.29 is 8.42 Å². The van der Waals surface area contributed by atoms with E-state index in [4.69, 9.17) is 11.6 Å². The predicted molar refractivity (Wildman–Crippen MR) is 88.4 cm³/mol. The average Bonchev–Trinajstić information content (AvgIpc) is 2.99. The lowest BCUT2D eigenvalue weighted by Crippen LogP contribution is -2.36. The summed E-state index contributed by atoms with van der Waals surface area (Å²) in [7, 11) is -1.87. The first-order valence-corrected chi connectivity index (χ1v) is 9.46. The lowest BCUT2D eigenvalue weighted by atomic mass is 10.2. The van der Waals surface area contributed by atoms with Crippen LogP contribution in [0.1, 0.15) is 17.4 Å². The molecule has 0 spiro atoms. The second kappa shape index (κ2) is 6.92. The van der Waals surface area contributed by atoms with Crippen LogP contribution < -0.4 is 0 Å². The van der Waals surface area contributed by atoms with Crippen molar-refractivity contribution in [3.05, 3.63) is 52.2 Å². The second-order valence-corrected chi connectivity index (χ2v) is 8.23. The Morgan fingerprint density at radius 1 is 1.29 bits per heavy atom. The van der Waals surface area contributed by atoms with Gasteiger partial charge < -0.3 is 0 Å². The maximum atomic E-state index is 12.7. The summed E-state index contributed by atoms with van der Waals surface area (Å²) in [4.78, 5) is 1.47. The molecule has 1 unspecified atom stereocenters. The molecule has 114 valence electrons. The van der Waals surface area contributed by atoms with E-state index in [0.717, 1.165) is 5.56 Å². The molecular formula is C15H18ClNO2S2. The summed E-state index contributed by atoms with van der Waals surface area (Å²) in [5.74, 6) is 0.303. The molecule has 21 heavy (non-hydrogen) atoms. The van der Waals surface area contributed by atoms with Crippen molar-refractivity contribution in [2.45, 2.75) is 30.2 Å². The van der Waals surface area contributed by atoms with Gasteiger partial charge in [0.2, 0.25) is 10.0 Å². The molecule has 0 saturated heterocycles. The molecule has 2 rings (SSSR count). The maximum Gasteiger partial charge on any atom is 0.243 e. The molecule has 0 aliphatic carbocycles. The normalized spacial score (nSPS) is 13.5. The minimum absolute atomic E-state index is 0.103. The van der Waals surface area contributed by atoms with Gasteiger partial charge in [-0.15, -0.1) is 22.9 Å². The summed E-state index contributed by atoms with van der Waals surface area (Å²) in [5, 5.41) is 2.00. The third kappa shape index (κ3) is 3.86. The highest BCUT2D eigenvalue weighted by molar-refractivity contribution is 7.89. The van der Waals surface area contributed by atoms with E-state index in [1.807, 2.05) is 30.5 Å². The summed E-state index contributed by atoms with van der Waals surface area (Å²) >= 11 is 7.42. The third-order valence-corrected chi connectivity index (χ3v) is 6.60. The summed E-state index contributed by atoms with van der Waals surface area (Å²) < 4.78 is 26.7. The third-order valence-electron chi connectivity index (χ3n) is 3.43. The Hall–Kier alpha value is -0.880. The molecule has 3 nitrogen and oxygen atoms in total. The molecule has 0 aliphatic heterocycles. The van der Waals surface area contributed by atoms with E-state index in [-0.39, 0.29) is 6.04 Å². The highest BCUT2D eigenvalue weighted by Crippen LogP contribution is 2.21. The van der Waals surface area contributed by atoms with Gasteiger partial charge in [0.05, 0.1) is 4.90 Å². The number of benzene rings is 1. The van der Waals surface area contributed by atoms with Gasteiger partial charge in [0.15, 0.2) is 0 Å². The molecule has 0 N–H and O–H groups in total.